The van der Waals surface area contributed by atoms with Crippen LogP contribution < -0.4 is 5.32 Å². The summed E-state index contributed by atoms with van der Waals surface area (Å²) in [6.07, 6.45) is 6.02. The first-order chi connectivity index (χ1) is 6.66. The zero-order valence-corrected chi connectivity index (χ0v) is 9.38. The lowest BCUT2D eigenvalue weighted by atomic mass is 10.1. The molecule has 3 nitrogen and oxygen atoms in total. The van der Waals surface area contributed by atoms with Crippen molar-refractivity contribution in [3.05, 3.63) is 0 Å². The van der Waals surface area contributed by atoms with Gasteiger partial charge in [0, 0.05) is 12.5 Å². The third kappa shape index (κ3) is 9.52. The SMILES string of the molecule is CCCCCCNC(C)CCC(=O)O. The first kappa shape index (κ1) is 13.4. The molecule has 0 rings (SSSR count). The number of carboxylic acid groups (broad SMARTS) is 1. The van der Waals surface area contributed by atoms with E-state index in [-0.39, 0.29) is 6.42 Å². The van der Waals surface area contributed by atoms with Crippen molar-refractivity contribution in [2.45, 2.75) is 58.4 Å². The van der Waals surface area contributed by atoms with Crippen LogP contribution in [0, 0.1) is 0 Å². The van der Waals surface area contributed by atoms with Crippen LogP contribution in [0.25, 0.3) is 0 Å². The van der Waals surface area contributed by atoms with Gasteiger partial charge >= 0.3 is 5.97 Å². The lowest BCUT2D eigenvalue weighted by Gasteiger charge is -2.11. The van der Waals surface area contributed by atoms with Gasteiger partial charge in [-0.05, 0) is 26.3 Å². The van der Waals surface area contributed by atoms with Crippen molar-refractivity contribution in [2.75, 3.05) is 6.54 Å². The minimum absolute atomic E-state index is 0.267. The number of unbranched alkanes of at least 4 members (excludes halogenated alkanes) is 3. The second kappa shape index (κ2) is 9.00. The van der Waals surface area contributed by atoms with E-state index in [1.807, 2.05) is 6.92 Å². The summed E-state index contributed by atoms with van der Waals surface area (Å²) in [7, 11) is 0. The van der Waals surface area contributed by atoms with Gasteiger partial charge in [-0.2, -0.15) is 0 Å². The minimum Gasteiger partial charge on any atom is -0.481 e. The molecule has 1 atom stereocenters. The molecule has 0 aliphatic rings. The van der Waals surface area contributed by atoms with Gasteiger partial charge in [0.1, 0.15) is 0 Å². The third-order valence-corrected chi connectivity index (χ3v) is 2.31. The first-order valence-electron chi connectivity index (χ1n) is 5.62. The Morgan fingerprint density at radius 2 is 2.07 bits per heavy atom. The summed E-state index contributed by atoms with van der Waals surface area (Å²) < 4.78 is 0. The Hall–Kier alpha value is -0.570. The van der Waals surface area contributed by atoms with Crippen molar-refractivity contribution in [1.82, 2.24) is 5.32 Å². The maximum Gasteiger partial charge on any atom is 0.303 e. The van der Waals surface area contributed by atoms with Gasteiger partial charge in [-0.15, -0.1) is 0 Å². The molecule has 0 saturated carbocycles. The van der Waals surface area contributed by atoms with Crippen LogP contribution in [-0.2, 0) is 4.79 Å². The summed E-state index contributed by atoms with van der Waals surface area (Å²) in [5.74, 6) is -0.704. The molecule has 0 spiro atoms. The zero-order valence-electron chi connectivity index (χ0n) is 9.38. The second-order valence-electron chi connectivity index (χ2n) is 3.85. The molecule has 0 saturated heterocycles. The highest BCUT2D eigenvalue weighted by Crippen LogP contribution is 1.99. The smallest absolute Gasteiger partial charge is 0.303 e. The van der Waals surface area contributed by atoms with Gasteiger partial charge < -0.3 is 10.4 Å². The van der Waals surface area contributed by atoms with E-state index in [0.717, 1.165) is 13.0 Å². The molecule has 0 aromatic heterocycles. The van der Waals surface area contributed by atoms with Gasteiger partial charge in [0.25, 0.3) is 0 Å². The van der Waals surface area contributed by atoms with E-state index in [1.54, 1.807) is 0 Å². The maximum atomic E-state index is 10.3. The van der Waals surface area contributed by atoms with Crippen LogP contribution >= 0.6 is 0 Å². The van der Waals surface area contributed by atoms with Crippen molar-refractivity contribution in [2.24, 2.45) is 0 Å². The summed E-state index contributed by atoms with van der Waals surface area (Å²) in [5.41, 5.74) is 0. The Morgan fingerprint density at radius 3 is 2.64 bits per heavy atom. The number of carboxylic acids is 1. The van der Waals surface area contributed by atoms with Crippen LogP contribution in [-0.4, -0.2) is 23.7 Å². The van der Waals surface area contributed by atoms with E-state index in [9.17, 15) is 4.79 Å². The lowest BCUT2D eigenvalue weighted by molar-refractivity contribution is -0.137. The van der Waals surface area contributed by atoms with E-state index >= 15 is 0 Å². The van der Waals surface area contributed by atoms with E-state index in [2.05, 4.69) is 12.2 Å². The molecule has 0 aromatic carbocycles. The number of hydrogen-bond acceptors (Lipinski definition) is 2. The monoisotopic (exact) mass is 201 g/mol. The fraction of sp³-hybridized carbons (Fsp3) is 0.909. The largest absolute Gasteiger partial charge is 0.481 e. The summed E-state index contributed by atoms with van der Waals surface area (Å²) in [6, 6.07) is 0.327. The van der Waals surface area contributed by atoms with Gasteiger partial charge in [-0.3, -0.25) is 4.79 Å². The Labute approximate surface area is 86.9 Å². The normalized spacial score (nSPS) is 12.7. The summed E-state index contributed by atoms with van der Waals surface area (Å²) in [4.78, 5) is 10.3. The van der Waals surface area contributed by atoms with Crippen molar-refractivity contribution in [3.8, 4) is 0 Å². The van der Waals surface area contributed by atoms with Crippen molar-refractivity contribution in [3.63, 3.8) is 0 Å². The van der Waals surface area contributed by atoms with E-state index in [1.165, 1.54) is 25.7 Å². The maximum absolute atomic E-state index is 10.3. The molecule has 0 heterocycles. The van der Waals surface area contributed by atoms with Crippen LogP contribution in [0.15, 0.2) is 0 Å². The molecule has 14 heavy (non-hydrogen) atoms. The fourth-order valence-electron chi connectivity index (χ4n) is 1.34. The fourth-order valence-corrected chi connectivity index (χ4v) is 1.34. The Morgan fingerprint density at radius 1 is 1.36 bits per heavy atom. The predicted molar refractivity (Wildman–Crippen MR) is 58.5 cm³/mol. The summed E-state index contributed by atoms with van der Waals surface area (Å²) in [6.45, 7) is 5.26. The standard InChI is InChI=1S/C11H23NO2/c1-3-4-5-6-9-12-10(2)7-8-11(13)14/h10,12H,3-9H2,1-2H3,(H,13,14). The third-order valence-electron chi connectivity index (χ3n) is 2.31. The highest BCUT2D eigenvalue weighted by Gasteiger charge is 2.03. The summed E-state index contributed by atoms with van der Waals surface area (Å²) in [5, 5.41) is 11.8. The molecular formula is C11H23NO2. The van der Waals surface area contributed by atoms with Gasteiger partial charge in [0.2, 0.25) is 0 Å². The molecule has 0 bridgehead atoms. The topological polar surface area (TPSA) is 49.3 Å². The molecule has 0 aliphatic carbocycles. The van der Waals surface area contributed by atoms with E-state index in [0.29, 0.717) is 6.04 Å². The molecule has 84 valence electrons. The molecule has 0 aliphatic heterocycles. The lowest BCUT2D eigenvalue weighted by Crippen LogP contribution is -2.27. The predicted octanol–water partition coefficient (Wildman–Crippen LogP) is 2.41. The van der Waals surface area contributed by atoms with Crippen molar-refractivity contribution in [1.29, 1.82) is 0 Å². The molecule has 0 amide bonds. The van der Waals surface area contributed by atoms with Gasteiger partial charge in [-0.25, -0.2) is 0 Å². The molecule has 1 unspecified atom stereocenters. The second-order valence-corrected chi connectivity index (χ2v) is 3.85. The van der Waals surface area contributed by atoms with Gasteiger partial charge in [0.05, 0.1) is 0 Å². The number of hydrogen-bond donors (Lipinski definition) is 2. The van der Waals surface area contributed by atoms with Crippen molar-refractivity contribution >= 4 is 5.97 Å². The molecule has 3 heteroatoms. The number of rotatable bonds is 9. The zero-order chi connectivity index (χ0) is 10.8. The van der Waals surface area contributed by atoms with Crippen LogP contribution in [0.2, 0.25) is 0 Å². The van der Waals surface area contributed by atoms with Crippen LogP contribution in [0.1, 0.15) is 52.4 Å². The highest BCUT2D eigenvalue weighted by atomic mass is 16.4. The van der Waals surface area contributed by atoms with Crippen LogP contribution in [0.3, 0.4) is 0 Å². The van der Waals surface area contributed by atoms with Crippen LogP contribution in [0.4, 0.5) is 0 Å². The molecule has 0 aromatic rings. The molecular weight excluding hydrogens is 178 g/mol. The molecule has 0 radical (unpaired) electrons. The highest BCUT2D eigenvalue weighted by molar-refractivity contribution is 5.66. The van der Waals surface area contributed by atoms with Gasteiger partial charge in [-0.1, -0.05) is 26.2 Å². The average molecular weight is 201 g/mol. The van der Waals surface area contributed by atoms with E-state index in [4.69, 9.17) is 5.11 Å². The summed E-state index contributed by atoms with van der Waals surface area (Å²) >= 11 is 0. The Bertz CT molecular complexity index is 148. The van der Waals surface area contributed by atoms with E-state index < -0.39 is 5.97 Å². The Balaban J connectivity index is 3.18. The number of aliphatic carboxylic acids is 1. The minimum atomic E-state index is -0.704. The van der Waals surface area contributed by atoms with Crippen LogP contribution in [0.5, 0.6) is 0 Å². The average Bonchev–Trinajstić information content (AvgIpc) is 2.14. The van der Waals surface area contributed by atoms with Gasteiger partial charge in [0.15, 0.2) is 0 Å². The Kier molecular flexibility index (Phi) is 8.64. The molecule has 2 N–H and O–H groups in total. The van der Waals surface area contributed by atoms with Crippen molar-refractivity contribution < 1.29 is 9.90 Å². The number of nitrogens with one attached hydrogen (secondary N) is 1. The molecule has 0 fully saturated rings. The number of carbonyl (C=O) groups is 1. The first-order valence-corrected chi connectivity index (χ1v) is 5.62. The quantitative estimate of drug-likeness (QED) is 0.563.